The molecular formula is C16H18N2O4. The second kappa shape index (κ2) is 6.91. The van der Waals surface area contributed by atoms with Crippen LogP contribution in [-0.2, 0) is 6.42 Å². The fourth-order valence-electron chi connectivity index (χ4n) is 2.22. The van der Waals surface area contributed by atoms with E-state index < -0.39 is 4.92 Å². The highest BCUT2D eigenvalue weighted by Gasteiger charge is 2.18. The van der Waals surface area contributed by atoms with Crippen LogP contribution in [-0.4, -0.2) is 19.1 Å². The second-order valence-electron chi connectivity index (χ2n) is 4.84. The van der Waals surface area contributed by atoms with Gasteiger partial charge in [0.25, 0.3) is 5.69 Å². The molecular weight excluding hydrogens is 284 g/mol. The van der Waals surface area contributed by atoms with E-state index in [4.69, 9.17) is 15.2 Å². The summed E-state index contributed by atoms with van der Waals surface area (Å²) in [5.41, 5.74) is 7.65. The summed E-state index contributed by atoms with van der Waals surface area (Å²) in [6, 6.07) is 11.8. The van der Waals surface area contributed by atoms with E-state index >= 15 is 0 Å². The third kappa shape index (κ3) is 3.53. The summed E-state index contributed by atoms with van der Waals surface area (Å²) in [4.78, 5) is 10.8. The van der Waals surface area contributed by atoms with Crippen LogP contribution in [0.3, 0.4) is 0 Å². The maximum Gasteiger partial charge on any atom is 0.276 e. The van der Waals surface area contributed by atoms with Crippen LogP contribution in [0.1, 0.15) is 17.2 Å². The molecule has 0 aliphatic carbocycles. The Morgan fingerprint density at radius 2 is 1.68 bits per heavy atom. The molecule has 0 fully saturated rings. The average molecular weight is 302 g/mol. The molecule has 0 amide bonds. The summed E-state index contributed by atoms with van der Waals surface area (Å²) in [5, 5.41) is 11.2. The zero-order chi connectivity index (χ0) is 16.1. The number of hydrogen-bond donors (Lipinski definition) is 1. The Hall–Kier alpha value is -2.60. The molecule has 6 heteroatoms. The van der Waals surface area contributed by atoms with Gasteiger partial charge in [-0.2, -0.15) is 0 Å². The Morgan fingerprint density at radius 1 is 1.09 bits per heavy atom. The first-order valence-electron chi connectivity index (χ1n) is 6.76. The lowest BCUT2D eigenvalue weighted by atomic mass is 9.98. The highest BCUT2D eigenvalue weighted by atomic mass is 16.6. The number of nitrogens with zero attached hydrogens (tertiary/aromatic N) is 1. The fraction of sp³-hybridized carbons (Fsp3) is 0.250. The minimum absolute atomic E-state index is 0.0170. The Labute approximate surface area is 128 Å². The number of nitro groups is 1. The lowest BCUT2D eigenvalue weighted by Crippen LogP contribution is -2.14. The summed E-state index contributed by atoms with van der Waals surface area (Å²) < 4.78 is 10.1. The van der Waals surface area contributed by atoms with Gasteiger partial charge < -0.3 is 15.2 Å². The number of benzene rings is 2. The van der Waals surface area contributed by atoms with Crippen molar-refractivity contribution in [3.63, 3.8) is 0 Å². The molecule has 1 atom stereocenters. The van der Waals surface area contributed by atoms with Gasteiger partial charge in [0.2, 0.25) is 0 Å². The molecule has 0 aliphatic rings. The molecule has 2 rings (SSSR count). The number of nitro benzene ring substituents is 1. The van der Waals surface area contributed by atoms with E-state index in [1.165, 1.54) is 13.2 Å². The van der Waals surface area contributed by atoms with E-state index in [0.717, 1.165) is 11.3 Å². The van der Waals surface area contributed by atoms with Crippen molar-refractivity contribution in [2.45, 2.75) is 12.5 Å². The zero-order valence-electron chi connectivity index (χ0n) is 12.5. The number of ether oxygens (including phenoxy) is 2. The van der Waals surface area contributed by atoms with Crippen LogP contribution < -0.4 is 15.2 Å². The first-order valence-corrected chi connectivity index (χ1v) is 6.76. The average Bonchev–Trinajstić information content (AvgIpc) is 2.55. The van der Waals surface area contributed by atoms with Crippen molar-refractivity contribution in [2.24, 2.45) is 5.73 Å². The lowest BCUT2D eigenvalue weighted by Gasteiger charge is -2.13. The van der Waals surface area contributed by atoms with E-state index in [1.807, 2.05) is 24.3 Å². The minimum atomic E-state index is -0.418. The normalized spacial score (nSPS) is 11.8. The third-order valence-electron chi connectivity index (χ3n) is 3.47. The summed E-state index contributed by atoms with van der Waals surface area (Å²) in [7, 11) is 3.07. The van der Waals surface area contributed by atoms with E-state index in [2.05, 4.69) is 0 Å². The van der Waals surface area contributed by atoms with Gasteiger partial charge in [0.15, 0.2) is 0 Å². The predicted molar refractivity (Wildman–Crippen MR) is 83.3 cm³/mol. The summed E-state index contributed by atoms with van der Waals surface area (Å²) in [6.45, 7) is 0. The maximum absolute atomic E-state index is 11.2. The van der Waals surface area contributed by atoms with Gasteiger partial charge in [-0.05, 0) is 36.2 Å². The molecule has 0 heterocycles. The van der Waals surface area contributed by atoms with Gasteiger partial charge >= 0.3 is 0 Å². The summed E-state index contributed by atoms with van der Waals surface area (Å²) in [6.07, 6.45) is 0.368. The molecule has 0 radical (unpaired) electrons. The molecule has 2 N–H and O–H groups in total. The second-order valence-corrected chi connectivity index (χ2v) is 4.84. The Kier molecular flexibility index (Phi) is 4.95. The first-order chi connectivity index (χ1) is 10.5. The van der Waals surface area contributed by atoms with Crippen LogP contribution in [0.5, 0.6) is 11.5 Å². The van der Waals surface area contributed by atoms with Crippen molar-refractivity contribution in [1.82, 2.24) is 0 Å². The molecule has 0 spiro atoms. The van der Waals surface area contributed by atoms with Crippen LogP contribution in [0.25, 0.3) is 0 Å². The first kappa shape index (κ1) is 15.8. The summed E-state index contributed by atoms with van der Waals surface area (Å²) >= 11 is 0. The zero-order valence-corrected chi connectivity index (χ0v) is 12.5. The maximum atomic E-state index is 11.2. The topological polar surface area (TPSA) is 87.6 Å². The van der Waals surface area contributed by atoms with Gasteiger partial charge in [-0.1, -0.05) is 12.1 Å². The predicted octanol–water partition coefficient (Wildman–Crippen LogP) is 2.85. The van der Waals surface area contributed by atoms with E-state index in [-0.39, 0.29) is 11.7 Å². The Balaban J connectivity index is 2.23. The highest BCUT2D eigenvalue weighted by Crippen LogP contribution is 2.28. The number of hydrogen-bond acceptors (Lipinski definition) is 5. The molecule has 0 bridgehead atoms. The molecule has 0 aliphatic heterocycles. The van der Waals surface area contributed by atoms with E-state index in [1.54, 1.807) is 19.2 Å². The molecule has 2 aromatic carbocycles. The molecule has 1 unspecified atom stereocenters. The summed E-state index contributed by atoms with van der Waals surface area (Å²) in [5.74, 6) is 1.19. The minimum Gasteiger partial charge on any atom is -0.497 e. The SMILES string of the molecule is COc1ccc(C(N)Cc2ccc(OC)cc2[N+](=O)[O-])cc1. The van der Waals surface area contributed by atoms with Crippen molar-refractivity contribution >= 4 is 5.69 Å². The van der Waals surface area contributed by atoms with Crippen LogP contribution >= 0.6 is 0 Å². The van der Waals surface area contributed by atoms with Gasteiger partial charge in [0, 0.05) is 11.6 Å². The standard InChI is InChI=1S/C16H18N2O4/c1-21-13-6-3-11(4-7-13)15(17)9-12-5-8-14(22-2)10-16(12)18(19)20/h3-8,10,15H,9,17H2,1-2H3. The smallest absolute Gasteiger partial charge is 0.276 e. The largest absolute Gasteiger partial charge is 0.497 e. The Morgan fingerprint density at radius 3 is 2.23 bits per heavy atom. The molecule has 116 valence electrons. The fourth-order valence-corrected chi connectivity index (χ4v) is 2.22. The molecule has 22 heavy (non-hydrogen) atoms. The quantitative estimate of drug-likeness (QED) is 0.655. The van der Waals surface area contributed by atoms with E-state index in [9.17, 15) is 10.1 Å². The van der Waals surface area contributed by atoms with Gasteiger partial charge in [-0.25, -0.2) is 0 Å². The monoisotopic (exact) mass is 302 g/mol. The lowest BCUT2D eigenvalue weighted by molar-refractivity contribution is -0.385. The van der Waals surface area contributed by atoms with Crippen molar-refractivity contribution in [1.29, 1.82) is 0 Å². The van der Waals surface area contributed by atoms with Crippen LogP contribution in [0.2, 0.25) is 0 Å². The van der Waals surface area contributed by atoms with E-state index in [0.29, 0.717) is 17.7 Å². The Bertz CT molecular complexity index is 656. The number of methoxy groups -OCH3 is 2. The molecule has 0 saturated heterocycles. The molecule has 0 aromatic heterocycles. The van der Waals surface area contributed by atoms with Gasteiger partial charge in [-0.15, -0.1) is 0 Å². The van der Waals surface area contributed by atoms with Crippen molar-refractivity contribution in [2.75, 3.05) is 14.2 Å². The van der Waals surface area contributed by atoms with Gasteiger partial charge in [0.05, 0.1) is 25.2 Å². The van der Waals surface area contributed by atoms with Gasteiger partial charge in [0.1, 0.15) is 11.5 Å². The van der Waals surface area contributed by atoms with Crippen LogP contribution in [0.15, 0.2) is 42.5 Å². The molecule has 6 nitrogen and oxygen atoms in total. The third-order valence-corrected chi connectivity index (χ3v) is 3.47. The molecule has 2 aromatic rings. The number of rotatable bonds is 6. The number of nitrogens with two attached hydrogens (primary N) is 1. The van der Waals surface area contributed by atoms with Crippen molar-refractivity contribution in [3.8, 4) is 11.5 Å². The van der Waals surface area contributed by atoms with Gasteiger partial charge in [-0.3, -0.25) is 10.1 Å². The molecule has 0 saturated carbocycles. The highest BCUT2D eigenvalue weighted by molar-refractivity contribution is 5.47. The van der Waals surface area contributed by atoms with Crippen LogP contribution in [0.4, 0.5) is 5.69 Å². The van der Waals surface area contributed by atoms with Crippen molar-refractivity contribution < 1.29 is 14.4 Å². The van der Waals surface area contributed by atoms with Crippen LogP contribution in [0, 0.1) is 10.1 Å². The van der Waals surface area contributed by atoms with Crippen molar-refractivity contribution in [3.05, 3.63) is 63.7 Å².